The van der Waals surface area contributed by atoms with Gasteiger partial charge in [-0.05, 0) is 39.8 Å². The van der Waals surface area contributed by atoms with Gasteiger partial charge < -0.3 is 4.74 Å². The van der Waals surface area contributed by atoms with Crippen molar-refractivity contribution >= 4 is 21.7 Å². The summed E-state index contributed by atoms with van der Waals surface area (Å²) in [5.41, 5.74) is -2.38. The standard InChI is InChI=1S/C16H18N2O6S/c1-6-16(5)13(14(19)24-15(2,3)4)17(16)25(22,23)12-9-7-11(8-10-12)18(20)21/h1,7-10,13H,2-5H3/t13-,16+,17?/m1/s1. The minimum atomic E-state index is -4.11. The summed E-state index contributed by atoms with van der Waals surface area (Å²) in [5.74, 6) is 1.59. The van der Waals surface area contributed by atoms with Crippen LogP contribution >= 0.6 is 0 Å². The molecule has 0 bridgehead atoms. The van der Waals surface area contributed by atoms with Crippen LogP contribution in [-0.4, -0.2) is 40.8 Å². The molecule has 1 fully saturated rings. The molecule has 0 N–H and O–H groups in total. The van der Waals surface area contributed by atoms with Crippen LogP contribution in [0, 0.1) is 22.5 Å². The van der Waals surface area contributed by atoms with Crippen molar-refractivity contribution in [3.63, 3.8) is 0 Å². The van der Waals surface area contributed by atoms with E-state index in [-0.39, 0.29) is 10.6 Å². The highest BCUT2D eigenvalue weighted by Crippen LogP contribution is 2.46. The molecule has 3 atom stereocenters. The molecule has 1 aliphatic rings. The number of benzene rings is 1. The Morgan fingerprint density at radius 1 is 1.36 bits per heavy atom. The third-order valence-corrected chi connectivity index (χ3v) is 5.66. The number of hydrogen-bond donors (Lipinski definition) is 0. The van der Waals surface area contributed by atoms with Gasteiger partial charge in [0, 0.05) is 12.1 Å². The molecule has 8 nitrogen and oxygen atoms in total. The first-order chi connectivity index (χ1) is 11.3. The van der Waals surface area contributed by atoms with Crippen molar-refractivity contribution in [2.24, 2.45) is 0 Å². The van der Waals surface area contributed by atoms with Gasteiger partial charge in [-0.25, -0.2) is 8.42 Å². The van der Waals surface area contributed by atoms with Gasteiger partial charge in [-0.1, -0.05) is 5.92 Å². The number of rotatable bonds is 4. The normalized spacial score (nSPS) is 25.7. The van der Waals surface area contributed by atoms with E-state index in [2.05, 4.69) is 5.92 Å². The Bertz CT molecular complexity index is 863. The topological polar surface area (TPSA) is 107 Å². The highest BCUT2D eigenvalue weighted by molar-refractivity contribution is 7.89. The SMILES string of the molecule is C#C[C@@]1(C)[C@@H](C(=O)OC(C)(C)C)N1S(=O)(=O)c1ccc([N+](=O)[O-])cc1. The summed E-state index contributed by atoms with van der Waals surface area (Å²) >= 11 is 0. The number of hydrogen-bond acceptors (Lipinski definition) is 6. The average Bonchev–Trinajstić information content (AvgIpc) is 3.14. The largest absolute Gasteiger partial charge is 0.459 e. The maximum absolute atomic E-state index is 12.8. The summed E-state index contributed by atoms with van der Waals surface area (Å²) in [6, 6.07) is 3.22. The molecule has 134 valence electrons. The highest BCUT2D eigenvalue weighted by Gasteiger charge is 2.70. The Balaban J connectivity index is 2.36. The lowest BCUT2D eigenvalue weighted by molar-refractivity contribution is -0.384. The van der Waals surface area contributed by atoms with Crippen molar-refractivity contribution in [1.29, 1.82) is 0 Å². The molecule has 1 aromatic rings. The number of non-ortho nitro benzene ring substituents is 1. The summed E-state index contributed by atoms with van der Waals surface area (Å²) in [6.45, 7) is 6.44. The van der Waals surface area contributed by atoms with E-state index in [4.69, 9.17) is 11.2 Å². The summed E-state index contributed by atoms with van der Waals surface area (Å²) in [5, 5.41) is 10.7. The van der Waals surface area contributed by atoms with Crippen LogP contribution in [0.2, 0.25) is 0 Å². The van der Waals surface area contributed by atoms with Crippen LogP contribution < -0.4 is 0 Å². The maximum Gasteiger partial charge on any atom is 0.328 e. The van der Waals surface area contributed by atoms with Gasteiger partial charge in [0.25, 0.3) is 5.69 Å². The molecule has 1 unspecified atom stereocenters. The van der Waals surface area contributed by atoms with Crippen LogP contribution in [0.3, 0.4) is 0 Å². The number of nitrogens with zero attached hydrogens (tertiary/aromatic N) is 2. The van der Waals surface area contributed by atoms with Gasteiger partial charge in [0.2, 0.25) is 10.0 Å². The molecule has 25 heavy (non-hydrogen) atoms. The zero-order valence-electron chi connectivity index (χ0n) is 14.2. The second-order valence-electron chi connectivity index (χ2n) is 6.78. The molecule has 0 saturated carbocycles. The number of esters is 1. The summed E-state index contributed by atoms with van der Waals surface area (Å²) in [7, 11) is -4.11. The van der Waals surface area contributed by atoms with Crippen molar-refractivity contribution < 1.29 is 22.9 Å². The van der Waals surface area contributed by atoms with E-state index in [1.807, 2.05) is 0 Å². The molecular formula is C16H18N2O6S. The monoisotopic (exact) mass is 366 g/mol. The van der Waals surface area contributed by atoms with E-state index in [1.54, 1.807) is 20.8 Å². The van der Waals surface area contributed by atoms with Gasteiger partial charge in [-0.15, -0.1) is 6.42 Å². The first kappa shape index (κ1) is 18.9. The second kappa shape index (κ2) is 5.82. The van der Waals surface area contributed by atoms with Gasteiger partial charge in [-0.2, -0.15) is 4.31 Å². The van der Waals surface area contributed by atoms with Crippen molar-refractivity contribution in [3.05, 3.63) is 34.4 Å². The van der Waals surface area contributed by atoms with Gasteiger partial charge >= 0.3 is 5.97 Å². The lowest BCUT2D eigenvalue weighted by Crippen LogP contribution is -2.29. The Labute approximate surface area is 146 Å². The number of terminal acetylenes is 1. The van der Waals surface area contributed by atoms with Crippen molar-refractivity contribution in [3.8, 4) is 12.3 Å². The lowest BCUT2D eigenvalue weighted by Gasteiger charge is -2.19. The molecule has 0 aliphatic carbocycles. The Hall–Kier alpha value is -2.44. The fourth-order valence-electron chi connectivity index (χ4n) is 2.43. The van der Waals surface area contributed by atoms with Crippen molar-refractivity contribution in [2.45, 2.75) is 49.8 Å². The molecule has 1 aromatic carbocycles. The second-order valence-corrected chi connectivity index (χ2v) is 8.59. The minimum Gasteiger partial charge on any atom is -0.459 e. The average molecular weight is 366 g/mol. The Kier molecular flexibility index (Phi) is 4.40. The third kappa shape index (κ3) is 3.36. The van der Waals surface area contributed by atoms with E-state index >= 15 is 0 Å². The van der Waals surface area contributed by atoms with E-state index in [9.17, 15) is 23.3 Å². The molecule has 0 amide bonds. The molecule has 0 spiro atoms. The first-order valence-electron chi connectivity index (χ1n) is 7.34. The number of carbonyl (C=O) groups is 1. The number of nitro groups is 1. The predicted octanol–water partition coefficient (Wildman–Crippen LogP) is 1.70. The van der Waals surface area contributed by atoms with E-state index in [1.165, 1.54) is 6.92 Å². The van der Waals surface area contributed by atoms with Crippen LogP contribution in [0.5, 0.6) is 0 Å². The number of sulfonamides is 1. The quantitative estimate of drug-likeness (QED) is 0.264. The summed E-state index contributed by atoms with van der Waals surface area (Å²) < 4.78 is 31.7. The third-order valence-electron chi connectivity index (χ3n) is 3.68. The van der Waals surface area contributed by atoms with Crippen LogP contribution in [0.15, 0.2) is 29.2 Å². The smallest absolute Gasteiger partial charge is 0.328 e. The predicted molar refractivity (Wildman–Crippen MR) is 89.0 cm³/mol. The van der Waals surface area contributed by atoms with Gasteiger partial charge in [0.15, 0.2) is 6.04 Å². The molecule has 1 heterocycles. The first-order valence-corrected chi connectivity index (χ1v) is 8.78. The van der Waals surface area contributed by atoms with Crippen molar-refractivity contribution in [2.75, 3.05) is 0 Å². The molecular weight excluding hydrogens is 348 g/mol. The molecule has 9 heteroatoms. The summed E-state index contributed by atoms with van der Waals surface area (Å²) in [4.78, 5) is 22.2. The van der Waals surface area contributed by atoms with Crippen LogP contribution in [-0.2, 0) is 19.6 Å². The molecule has 1 saturated heterocycles. The van der Waals surface area contributed by atoms with E-state index in [0.29, 0.717) is 0 Å². The zero-order chi connectivity index (χ0) is 19.2. The van der Waals surface area contributed by atoms with Gasteiger partial charge in [0.1, 0.15) is 11.1 Å². The Morgan fingerprint density at radius 2 is 1.88 bits per heavy atom. The number of ether oxygens (including phenoxy) is 1. The summed E-state index contributed by atoms with van der Waals surface area (Å²) in [6.07, 6.45) is 5.44. The van der Waals surface area contributed by atoms with E-state index < -0.39 is 38.1 Å². The molecule has 1 aliphatic heterocycles. The maximum atomic E-state index is 12.8. The highest BCUT2D eigenvalue weighted by atomic mass is 32.2. The van der Waals surface area contributed by atoms with Crippen LogP contribution in [0.4, 0.5) is 5.69 Å². The van der Waals surface area contributed by atoms with Crippen molar-refractivity contribution in [1.82, 2.24) is 4.31 Å². The fraction of sp³-hybridized carbons (Fsp3) is 0.438. The number of nitro benzene ring substituents is 1. The zero-order valence-corrected chi connectivity index (χ0v) is 15.0. The van der Waals surface area contributed by atoms with Crippen LogP contribution in [0.25, 0.3) is 0 Å². The molecule has 0 aromatic heterocycles. The Morgan fingerprint density at radius 3 is 2.28 bits per heavy atom. The minimum absolute atomic E-state index is 0.189. The fourth-order valence-corrected chi connectivity index (χ4v) is 4.31. The lowest BCUT2D eigenvalue weighted by atomic mass is 10.1. The van der Waals surface area contributed by atoms with E-state index in [0.717, 1.165) is 28.6 Å². The van der Waals surface area contributed by atoms with Gasteiger partial charge in [0.05, 0.1) is 9.82 Å². The van der Waals surface area contributed by atoms with Gasteiger partial charge in [-0.3, -0.25) is 14.9 Å². The molecule has 0 radical (unpaired) electrons. The van der Waals surface area contributed by atoms with Crippen LogP contribution in [0.1, 0.15) is 27.7 Å². The molecule has 2 rings (SSSR count). The number of carbonyl (C=O) groups excluding carboxylic acids is 1.